The van der Waals surface area contributed by atoms with Gasteiger partial charge >= 0.3 is 0 Å². The molecule has 2 aromatic heterocycles. The van der Waals surface area contributed by atoms with Gasteiger partial charge in [-0.15, -0.1) is 0 Å². The van der Waals surface area contributed by atoms with Crippen LogP contribution in [0.2, 0.25) is 5.15 Å². The van der Waals surface area contributed by atoms with Gasteiger partial charge in [0.1, 0.15) is 23.3 Å². The van der Waals surface area contributed by atoms with E-state index in [0.29, 0.717) is 28.8 Å². The van der Waals surface area contributed by atoms with Crippen LogP contribution in [0.15, 0.2) is 5.16 Å². The van der Waals surface area contributed by atoms with E-state index in [1.54, 1.807) is 0 Å². The predicted molar refractivity (Wildman–Crippen MR) is 75.3 cm³/mol. The molecule has 0 radical (unpaired) electrons. The van der Waals surface area contributed by atoms with Gasteiger partial charge in [0.2, 0.25) is 5.88 Å². The first kappa shape index (κ1) is 12.4. The lowest BCUT2D eigenvalue weighted by Crippen LogP contribution is -2.50. The number of hydrogen-bond donors (Lipinski definition) is 0. The average molecular weight is 313 g/mol. The smallest absolute Gasteiger partial charge is 0.228 e. The van der Waals surface area contributed by atoms with Crippen LogP contribution in [0.5, 0.6) is 5.88 Å². The second-order valence-corrected chi connectivity index (χ2v) is 5.86. The van der Waals surface area contributed by atoms with Crippen molar-refractivity contribution in [3.05, 3.63) is 11.0 Å². The van der Waals surface area contributed by atoms with Gasteiger partial charge in [-0.1, -0.05) is 23.4 Å². The van der Waals surface area contributed by atoms with Crippen LogP contribution < -0.4 is 9.64 Å². The third-order valence-electron chi connectivity index (χ3n) is 3.68. The van der Waals surface area contributed by atoms with Gasteiger partial charge in [0.15, 0.2) is 16.1 Å². The summed E-state index contributed by atoms with van der Waals surface area (Å²) in [6.07, 6.45) is 2.89. The zero-order valence-corrected chi connectivity index (χ0v) is 12.1. The van der Waals surface area contributed by atoms with Gasteiger partial charge < -0.3 is 9.64 Å². The maximum absolute atomic E-state index is 14.2. The molecule has 2 aromatic rings. The standard InChI is InChI=1S/C12H10ClFN4OS/c1-20-12-15-8-6-10(17-12)18-3-2-5(18)4-19-11(6)16-9(13)7(8)14/h5H,2-4H2,1H3/t5-/m1/s1. The van der Waals surface area contributed by atoms with Crippen molar-refractivity contribution in [2.75, 3.05) is 24.3 Å². The summed E-state index contributed by atoms with van der Waals surface area (Å²) in [5.41, 5.74) is 0.182. The summed E-state index contributed by atoms with van der Waals surface area (Å²) in [7, 11) is 0. The highest BCUT2D eigenvalue weighted by atomic mass is 35.5. The van der Waals surface area contributed by atoms with Gasteiger partial charge in [0.05, 0.1) is 6.04 Å². The molecule has 0 spiro atoms. The number of rotatable bonds is 1. The zero-order chi connectivity index (χ0) is 13.9. The lowest BCUT2D eigenvalue weighted by atomic mass is 10.0. The van der Waals surface area contributed by atoms with Crippen LogP contribution in [0.25, 0.3) is 10.9 Å². The third kappa shape index (κ3) is 1.59. The lowest BCUT2D eigenvalue weighted by molar-refractivity contribution is 0.246. The number of anilines is 1. The Labute approximate surface area is 123 Å². The molecule has 1 fully saturated rings. The van der Waals surface area contributed by atoms with E-state index in [1.165, 1.54) is 11.8 Å². The summed E-state index contributed by atoms with van der Waals surface area (Å²) in [5, 5.41) is 0.826. The molecule has 20 heavy (non-hydrogen) atoms. The molecule has 8 heteroatoms. The molecule has 4 heterocycles. The molecule has 104 valence electrons. The number of fused-ring (bicyclic) bond motifs is 2. The lowest BCUT2D eigenvalue weighted by Gasteiger charge is -2.40. The molecule has 0 N–H and O–H groups in total. The van der Waals surface area contributed by atoms with Crippen molar-refractivity contribution in [2.45, 2.75) is 17.6 Å². The van der Waals surface area contributed by atoms with Gasteiger partial charge in [-0.25, -0.2) is 14.4 Å². The highest BCUT2D eigenvalue weighted by Crippen LogP contribution is 2.41. The zero-order valence-electron chi connectivity index (χ0n) is 10.6. The van der Waals surface area contributed by atoms with Gasteiger partial charge in [0.25, 0.3) is 0 Å². The molecule has 5 nitrogen and oxygen atoms in total. The van der Waals surface area contributed by atoms with Crippen molar-refractivity contribution in [2.24, 2.45) is 0 Å². The van der Waals surface area contributed by atoms with Crippen molar-refractivity contribution in [1.82, 2.24) is 15.0 Å². The van der Waals surface area contributed by atoms with Crippen molar-refractivity contribution in [3.8, 4) is 5.88 Å². The fourth-order valence-electron chi connectivity index (χ4n) is 2.55. The number of aromatic nitrogens is 3. The third-order valence-corrected chi connectivity index (χ3v) is 4.48. The summed E-state index contributed by atoms with van der Waals surface area (Å²) in [4.78, 5) is 14.9. The Balaban J connectivity index is 2.10. The molecular formula is C12H10ClFN4OS. The first-order valence-electron chi connectivity index (χ1n) is 6.19. The second kappa shape index (κ2) is 4.33. The molecule has 2 aliphatic rings. The number of hydrogen-bond acceptors (Lipinski definition) is 6. The maximum atomic E-state index is 14.2. The summed E-state index contributed by atoms with van der Waals surface area (Å²) >= 11 is 7.21. The minimum absolute atomic E-state index is 0.182. The second-order valence-electron chi connectivity index (χ2n) is 4.73. The quantitative estimate of drug-likeness (QED) is 0.458. The fraction of sp³-hybridized carbons (Fsp3) is 0.417. The van der Waals surface area contributed by atoms with Crippen molar-refractivity contribution in [3.63, 3.8) is 0 Å². The fourth-order valence-corrected chi connectivity index (χ4v) is 3.07. The van der Waals surface area contributed by atoms with Gasteiger partial charge in [0, 0.05) is 6.54 Å². The number of halogens is 2. The topological polar surface area (TPSA) is 51.1 Å². The van der Waals surface area contributed by atoms with Crippen LogP contribution in [0, 0.1) is 5.82 Å². The van der Waals surface area contributed by atoms with E-state index in [-0.39, 0.29) is 16.7 Å². The van der Waals surface area contributed by atoms with Crippen LogP contribution in [0.4, 0.5) is 10.2 Å². The molecule has 0 saturated carbocycles. The molecule has 0 aromatic carbocycles. The average Bonchev–Trinajstić information content (AvgIpc) is 2.51. The van der Waals surface area contributed by atoms with Crippen LogP contribution in [0.1, 0.15) is 6.42 Å². The van der Waals surface area contributed by atoms with E-state index in [4.69, 9.17) is 16.3 Å². The highest BCUT2D eigenvalue weighted by Gasteiger charge is 2.36. The Morgan fingerprint density at radius 3 is 2.95 bits per heavy atom. The minimum Gasteiger partial charge on any atom is -0.475 e. The number of pyridine rings is 1. The SMILES string of the molecule is CSc1nc2c3c(nc(Cl)c(F)c3n1)OC[C@H]1CCN21. The molecule has 4 rings (SSSR count). The van der Waals surface area contributed by atoms with E-state index in [1.807, 2.05) is 6.26 Å². The minimum atomic E-state index is -0.619. The molecule has 0 unspecified atom stereocenters. The Morgan fingerprint density at radius 1 is 1.40 bits per heavy atom. The van der Waals surface area contributed by atoms with E-state index in [0.717, 1.165) is 13.0 Å². The summed E-state index contributed by atoms with van der Waals surface area (Å²) < 4.78 is 19.9. The Morgan fingerprint density at radius 2 is 2.25 bits per heavy atom. The van der Waals surface area contributed by atoms with Crippen LogP contribution in [-0.2, 0) is 0 Å². The van der Waals surface area contributed by atoms with Gasteiger partial charge in [-0.3, -0.25) is 0 Å². The first-order chi connectivity index (χ1) is 9.69. The summed E-state index contributed by atoms with van der Waals surface area (Å²) in [6, 6.07) is 0.263. The first-order valence-corrected chi connectivity index (χ1v) is 7.79. The van der Waals surface area contributed by atoms with Crippen molar-refractivity contribution >= 4 is 40.1 Å². The highest BCUT2D eigenvalue weighted by molar-refractivity contribution is 7.98. The Kier molecular flexibility index (Phi) is 2.68. The molecule has 1 atom stereocenters. The molecule has 1 saturated heterocycles. The van der Waals surface area contributed by atoms with Crippen molar-refractivity contribution < 1.29 is 9.13 Å². The molecule has 0 bridgehead atoms. The van der Waals surface area contributed by atoms with E-state index < -0.39 is 5.82 Å². The van der Waals surface area contributed by atoms with Crippen LogP contribution in [0.3, 0.4) is 0 Å². The Hall–Kier alpha value is -1.34. The van der Waals surface area contributed by atoms with E-state index >= 15 is 0 Å². The largest absolute Gasteiger partial charge is 0.475 e. The predicted octanol–water partition coefficient (Wildman–Crippen LogP) is 2.51. The van der Waals surface area contributed by atoms with E-state index in [2.05, 4.69) is 19.9 Å². The molecule has 0 amide bonds. The molecular weight excluding hydrogens is 303 g/mol. The number of thioether (sulfide) groups is 1. The maximum Gasteiger partial charge on any atom is 0.228 e. The van der Waals surface area contributed by atoms with Crippen molar-refractivity contribution in [1.29, 1.82) is 0 Å². The van der Waals surface area contributed by atoms with Crippen LogP contribution in [-0.4, -0.2) is 40.4 Å². The monoisotopic (exact) mass is 312 g/mol. The summed E-state index contributed by atoms with van der Waals surface area (Å²) in [5.74, 6) is 0.404. The van der Waals surface area contributed by atoms with E-state index in [9.17, 15) is 4.39 Å². The Bertz CT molecular complexity index is 728. The van der Waals surface area contributed by atoms with Gasteiger partial charge in [-0.2, -0.15) is 4.98 Å². The normalized spacial score (nSPS) is 20.1. The van der Waals surface area contributed by atoms with Crippen LogP contribution >= 0.6 is 23.4 Å². The number of nitrogens with zero attached hydrogens (tertiary/aromatic N) is 4. The summed E-state index contributed by atoms with van der Waals surface area (Å²) in [6.45, 7) is 1.40. The molecule has 2 aliphatic heterocycles. The van der Waals surface area contributed by atoms with Gasteiger partial charge in [-0.05, 0) is 12.7 Å². The number of ether oxygens (including phenoxy) is 1. The molecule has 0 aliphatic carbocycles.